The van der Waals surface area contributed by atoms with Crippen molar-refractivity contribution in [3.63, 3.8) is 0 Å². The quantitative estimate of drug-likeness (QED) is 0.497. The topological polar surface area (TPSA) is 72.7 Å². The van der Waals surface area contributed by atoms with E-state index in [1.54, 1.807) is 0 Å². The molecule has 2 aromatic carbocycles. The van der Waals surface area contributed by atoms with Crippen LogP contribution in [0.3, 0.4) is 0 Å². The fourth-order valence-corrected chi connectivity index (χ4v) is 3.27. The lowest BCUT2D eigenvalue weighted by atomic mass is 10.2. The fraction of sp³-hybridized carbons (Fsp3) is 0.304. The van der Waals surface area contributed by atoms with E-state index in [2.05, 4.69) is 27.9 Å². The molecule has 0 atom stereocenters. The summed E-state index contributed by atoms with van der Waals surface area (Å²) in [6.07, 6.45) is 2.86. The molecule has 1 aliphatic rings. The lowest BCUT2D eigenvalue weighted by Crippen LogP contribution is -2.30. The van der Waals surface area contributed by atoms with Crippen LogP contribution in [-0.4, -0.2) is 35.5 Å². The summed E-state index contributed by atoms with van der Waals surface area (Å²) in [5.74, 6) is 2.25. The van der Waals surface area contributed by atoms with Crippen molar-refractivity contribution < 1.29 is 9.47 Å². The number of hydrogen-bond donors (Lipinski definition) is 2. The van der Waals surface area contributed by atoms with Gasteiger partial charge in [-0.2, -0.15) is 5.10 Å². The second kappa shape index (κ2) is 9.35. The average molecular weight is 406 g/mol. The molecule has 30 heavy (non-hydrogen) atoms. The van der Waals surface area contributed by atoms with Gasteiger partial charge in [-0.3, -0.25) is 0 Å². The van der Waals surface area contributed by atoms with E-state index in [-0.39, 0.29) is 0 Å². The van der Waals surface area contributed by atoms with Crippen LogP contribution < -0.4 is 20.1 Å². The molecule has 1 aromatic heterocycles. The molecule has 0 amide bonds. The highest BCUT2D eigenvalue weighted by molar-refractivity contribution is 5.94. The number of aromatic nitrogens is 2. The molecule has 156 valence electrons. The maximum Gasteiger partial charge on any atom is 0.196 e. The minimum Gasteiger partial charge on any atom is -0.490 e. The van der Waals surface area contributed by atoms with E-state index in [4.69, 9.17) is 14.5 Å². The normalized spacial score (nSPS) is 13.6. The first-order valence-corrected chi connectivity index (χ1v) is 10.3. The fourth-order valence-electron chi connectivity index (χ4n) is 3.27. The summed E-state index contributed by atoms with van der Waals surface area (Å²) in [5.41, 5.74) is 4.00. The Morgan fingerprint density at radius 3 is 2.73 bits per heavy atom. The summed E-state index contributed by atoms with van der Waals surface area (Å²) in [5, 5.41) is 11.2. The van der Waals surface area contributed by atoms with E-state index >= 15 is 0 Å². The molecule has 1 aliphatic heterocycles. The van der Waals surface area contributed by atoms with Gasteiger partial charge in [0.1, 0.15) is 0 Å². The molecule has 3 aromatic rings. The lowest BCUT2D eigenvalue weighted by molar-refractivity contribution is 0.297. The van der Waals surface area contributed by atoms with E-state index < -0.39 is 0 Å². The van der Waals surface area contributed by atoms with Crippen molar-refractivity contribution in [2.75, 3.05) is 25.1 Å². The van der Waals surface area contributed by atoms with Crippen LogP contribution in [0.15, 0.2) is 59.7 Å². The van der Waals surface area contributed by atoms with Crippen molar-refractivity contribution >= 4 is 11.6 Å². The van der Waals surface area contributed by atoms with Crippen LogP contribution in [0.1, 0.15) is 24.6 Å². The van der Waals surface area contributed by atoms with Gasteiger partial charge in [0, 0.05) is 30.9 Å². The molecular formula is C23H27N5O2. The molecule has 0 saturated carbocycles. The number of hydrogen-bond acceptors (Lipinski definition) is 4. The Balaban J connectivity index is 1.53. The van der Waals surface area contributed by atoms with Crippen molar-refractivity contribution in [3.8, 4) is 17.2 Å². The number of rotatable bonds is 5. The third kappa shape index (κ3) is 4.74. The van der Waals surface area contributed by atoms with E-state index in [1.165, 1.54) is 0 Å². The maximum absolute atomic E-state index is 5.79. The maximum atomic E-state index is 5.79. The first-order valence-electron chi connectivity index (χ1n) is 10.3. The largest absolute Gasteiger partial charge is 0.490 e. The van der Waals surface area contributed by atoms with Crippen LogP contribution in [0.2, 0.25) is 0 Å². The Bertz CT molecular complexity index is 1030. The molecule has 0 saturated heterocycles. The molecule has 2 N–H and O–H groups in total. The Labute approximate surface area is 176 Å². The van der Waals surface area contributed by atoms with Crippen LogP contribution in [0.25, 0.3) is 5.69 Å². The van der Waals surface area contributed by atoms with Gasteiger partial charge in [-0.05, 0) is 43.7 Å². The standard InChI is InChI=1S/C23H27N5O2/c1-3-24-23(26-19-9-10-21-22(15-19)30-14-6-13-29-21)25-16-18-7-4-5-8-20(18)28-12-11-17(2)27-28/h4-5,7-12,15H,3,6,13-14,16H2,1-2H3,(H2,24,25,26). The van der Waals surface area contributed by atoms with Crippen LogP contribution in [0.5, 0.6) is 11.5 Å². The highest BCUT2D eigenvalue weighted by Crippen LogP contribution is 2.32. The summed E-state index contributed by atoms with van der Waals surface area (Å²) >= 11 is 0. The number of aliphatic imine (C=N–C) groups is 1. The van der Waals surface area contributed by atoms with Gasteiger partial charge in [-0.1, -0.05) is 18.2 Å². The SMILES string of the molecule is CCNC(=NCc1ccccc1-n1ccc(C)n1)Nc1ccc2c(c1)OCCCO2. The number of nitrogens with zero attached hydrogens (tertiary/aromatic N) is 3. The number of benzene rings is 2. The predicted molar refractivity (Wildman–Crippen MR) is 119 cm³/mol. The first kappa shape index (κ1) is 19.8. The Hall–Kier alpha value is -3.48. The zero-order valence-electron chi connectivity index (χ0n) is 17.4. The van der Waals surface area contributed by atoms with Crippen molar-refractivity contribution in [1.82, 2.24) is 15.1 Å². The third-order valence-electron chi connectivity index (χ3n) is 4.72. The lowest BCUT2D eigenvalue weighted by Gasteiger charge is -2.14. The van der Waals surface area contributed by atoms with E-state index in [9.17, 15) is 0 Å². The second-order valence-electron chi connectivity index (χ2n) is 7.06. The molecule has 0 aliphatic carbocycles. The summed E-state index contributed by atoms with van der Waals surface area (Å²) in [6.45, 7) is 6.66. The number of para-hydroxylation sites is 1. The highest BCUT2D eigenvalue weighted by Gasteiger charge is 2.12. The van der Waals surface area contributed by atoms with Gasteiger partial charge in [0.25, 0.3) is 0 Å². The van der Waals surface area contributed by atoms with Gasteiger partial charge in [0.2, 0.25) is 0 Å². The zero-order valence-corrected chi connectivity index (χ0v) is 17.4. The first-order chi connectivity index (χ1) is 14.7. The molecule has 0 fully saturated rings. The summed E-state index contributed by atoms with van der Waals surface area (Å²) < 4.78 is 13.4. The highest BCUT2D eigenvalue weighted by atomic mass is 16.5. The number of fused-ring (bicyclic) bond motifs is 1. The molecule has 4 rings (SSSR count). The number of ether oxygens (including phenoxy) is 2. The van der Waals surface area contributed by atoms with Crippen LogP contribution >= 0.6 is 0 Å². The Morgan fingerprint density at radius 2 is 1.93 bits per heavy atom. The van der Waals surface area contributed by atoms with E-state index in [0.717, 1.165) is 47.1 Å². The Morgan fingerprint density at radius 1 is 1.10 bits per heavy atom. The molecule has 2 heterocycles. The van der Waals surface area contributed by atoms with Crippen molar-refractivity contribution in [2.45, 2.75) is 26.8 Å². The van der Waals surface area contributed by atoms with Gasteiger partial charge >= 0.3 is 0 Å². The minimum absolute atomic E-state index is 0.523. The predicted octanol–water partition coefficient (Wildman–Crippen LogP) is 3.92. The molecule has 7 heteroatoms. The van der Waals surface area contributed by atoms with Crippen molar-refractivity contribution in [2.24, 2.45) is 4.99 Å². The second-order valence-corrected chi connectivity index (χ2v) is 7.06. The molecule has 7 nitrogen and oxygen atoms in total. The van der Waals surface area contributed by atoms with E-state index in [1.807, 2.05) is 61.1 Å². The molecule has 0 unspecified atom stereocenters. The number of nitrogens with one attached hydrogen (secondary N) is 2. The molecular weight excluding hydrogens is 378 g/mol. The van der Waals surface area contributed by atoms with Crippen LogP contribution in [0.4, 0.5) is 5.69 Å². The van der Waals surface area contributed by atoms with Crippen LogP contribution in [-0.2, 0) is 6.54 Å². The average Bonchev–Trinajstić information content (AvgIpc) is 3.05. The molecule has 0 spiro atoms. The van der Waals surface area contributed by atoms with Gasteiger partial charge < -0.3 is 20.1 Å². The van der Waals surface area contributed by atoms with Gasteiger partial charge in [-0.25, -0.2) is 9.67 Å². The van der Waals surface area contributed by atoms with E-state index in [0.29, 0.717) is 25.7 Å². The molecule has 0 bridgehead atoms. The summed E-state index contributed by atoms with van der Waals surface area (Å²) in [7, 11) is 0. The smallest absolute Gasteiger partial charge is 0.196 e. The van der Waals surface area contributed by atoms with Crippen LogP contribution in [0, 0.1) is 6.92 Å². The minimum atomic E-state index is 0.523. The number of guanidine groups is 1. The van der Waals surface area contributed by atoms with Gasteiger partial charge in [-0.15, -0.1) is 0 Å². The zero-order chi connectivity index (χ0) is 20.8. The summed E-state index contributed by atoms with van der Waals surface area (Å²) in [6, 6.07) is 16.0. The van der Waals surface area contributed by atoms with Crippen molar-refractivity contribution in [1.29, 1.82) is 0 Å². The van der Waals surface area contributed by atoms with Crippen molar-refractivity contribution in [3.05, 3.63) is 66.0 Å². The summed E-state index contributed by atoms with van der Waals surface area (Å²) in [4.78, 5) is 4.78. The monoisotopic (exact) mass is 405 g/mol. The molecule has 0 radical (unpaired) electrons. The Kier molecular flexibility index (Phi) is 6.17. The number of aryl methyl sites for hydroxylation is 1. The van der Waals surface area contributed by atoms with Gasteiger partial charge in [0.05, 0.1) is 31.1 Å². The number of anilines is 1. The van der Waals surface area contributed by atoms with Gasteiger partial charge in [0.15, 0.2) is 17.5 Å². The third-order valence-corrected chi connectivity index (χ3v) is 4.72.